The van der Waals surface area contributed by atoms with Gasteiger partial charge in [0, 0.05) is 16.7 Å². The van der Waals surface area contributed by atoms with E-state index in [1.54, 1.807) is 68.4 Å². The van der Waals surface area contributed by atoms with Crippen molar-refractivity contribution in [1.29, 1.82) is 0 Å². The first-order valence-electron chi connectivity index (χ1n) is 9.11. The van der Waals surface area contributed by atoms with Crippen LogP contribution in [0.2, 0.25) is 0 Å². The van der Waals surface area contributed by atoms with Crippen molar-refractivity contribution in [1.82, 2.24) is 0 Å². The first kappa shape index (κ1) is 23.5. The summed E-state index contributed by atoms with van der Waals surface area (Å²) in [5.41, 5.74) is 2.09. The topological polar surface area (TPSA) is 113 Å². The molecule has 0 bridgehead atoms. The Kier molecular flexibility index (Phi) is 6.40. The molecule has 4 rings (SSSR count). The minimum atomic E-state index is -4.72. The molecule has 3 aromatic rings. The van der Waals surface area contributed by atoms with Crippen LogP contribution in [0.5, 0.6) is 11.5 Å². The third-order valence-corrected chi connectivity index (χ3v) is 5.61. The van der Waals surface area contributed by atoms with Gasteiger partial charge >= 0.3 is 43.3 Å². The van der Waals surface area contributed by atoms with Gasteiger partial charge in [0.25, 0.3) is 0 Å². The predicted molar refractivity (Wildman–Crippen MR) is 116 cm³/mol. The third kappa shape index (κ3) is 4.17. The van der Waals surface area contributed by atoms with E-state index >= 15 is 0 Å². The van der Waals surface area contributed by atoms with Gasteiger partial charge in [-0.15, -0.1) is 0 Å². The van der Waals surface area contributed by atoms with Gasteiger partial charge in [-0.05, 0) is 55.3 Å². The van der Waals surface area contributed by atoms with E-state index in [2.05, 4.69) is 0 Å². The number of aryl methyl sites for hydroxylation is 2. The zero-order chi connectivity index (χ0) is 21.7. The second kappa shape index (κ2) is 8.43. The van der Waals surface area contributed by atoms with E-state index < -0.39 is 19.4 Å². The van der Waals surface area contributed by atoms with Gasteiger partial charge in [-0.25, -0.2) is 9.36 Å². The zero-order valence-electron chi connectivity index (χ0n) is 16.2. The van der Waals surface area contributed by atoms with Crippen molar-refractivity contribution in [2.75, 3.05) is 0 Å². The molecule has 0 amide bonds. The van der Waals surface area contributed by atoms with Gasteiger partial charge in [0.05, 0.1) is 5.56 Å². The van der Waals surface area contributed by atoms with Crippen LogP contribution in [0.3, 0.4) is 0 Å². The van der Waals surface area contributed by atoms with Crippen molar-refractivity contribution in [2.24, 2.45) is 0 Å². The number of esters is 1. The number of ether oxygens (including phenoxy) is 1. The second-order valence-electron chi connectivity index (χ2n) is 7.18. The molecule has 1 aliphatic rings. The Balaban J connectivity index is 0.00000272. The quantitative estimate of drug-likeness (QED) is 0.318. The van der Waals surface area contributed by atoms with Gasteiger partial charge in [0.1, 0.15) is 11.5 Å². The van der Waals surface area contributed by atoms with Crippen LogP contribution in [0.25, 0.3) is 0 Å². The number of hydrogen-bond donors (Lipinski definition) is 3. The molecule has 1 aliphatic heterocycles. The molecule has 1 unspecified atom stereocenters. The number of hydrogen-bond acceptors (Lipinski definition) is 5. The Labute approximate surface area is 201 Å². The average Bonchev–Trinajstić information content (AvgIpc) is 2.99. The molecule has 0 spiro atoms. The van der Waals surface area contributed by atoms with Crippen molar-refractivity contribution < 1.29 is 33.5 Å². The van der Waals surface area contributed by atoms with Gasteiger partial charge in [-0.1, -0.05) is 30.3 Å². The third-order valence-electron chi connectivity index (χ3n) is 5.17. The van der Waals surface area contributed by atoms with Crippen molar-refractivity contribution >= 4 is 43.3 Å². The molecule has 7 nitrogen and oxygen atoms in total. The Bertz CT molecular complexity index is 1220. The number of benzene rings is 3. The Morgan fingerprint density at radius 1 is 0.935 bits per heavy atom. The summed E-state index contributed by atoms with van der Waals surface area (Å²) in [7, 11) is -4.72. The molecule has 1 atom stereocenters. The number of cyclic esters (lactones) is 1. The molecule has 0 fully saturated rings. The molecule has 0 radical (unpaired) electrons. The zero-order valence-corrected chi connectivity index (χ0v) is 17.1. The summed E-state index contributed by atoms with van der Waals surface area (Å²) in [6.07, 6.45) is 0. The summed E-state index contributed by atoms with van der Waals surface area (Å²) in [5, 5.41) is 9.98. The first-order chi connectivity index (χ1) is 14.1. The molecule has 3 N–H and O–H groups in total. The van der Waals surface area contributed by atoms with Crippen LogP contribution in [-0.2, 0) is 14.9 Å². The molecule has 156 valence electrons. The molecule has 0 aromatic heterocycles. The number of rotatable bonds is 4. The van der Waals surface area contributed by atoms with E-state index in [4.69, 9.17) is 19.0 Å². The van der Waals surface area contributed by atoms with Crippen LogP contribution >= 0.6 is 7.82 Å². The average molecular weight is 450 g/mol. The Morgan fingerprint density at radius 2 is 1.55 bits per heavy atom. The van der Waals surface area contributed by atoms with Crippen LogP contribution < -0.4 is 4.52 Å². The first-order valence-corrected chi connectivity index (χ1v) is 10.6. The number of aromatic hydroxyl groups is 1. The van der Waals surface area contributed by atoms with Gasteiger partial charge in [0.2, 0.25) is 0 Å². The standard InChI is InChI=1S/C22H19O7P.Na.H/c1-13-11-15(7-9-19(13)23)22(18-6-4-3-5-17(18)21(24)28-22)16-8-10-20(14(2)12-16)29-30(25,26)27;;/h3-12,23H,1-2H3,(H2,25,26,27);;. The molecule has 1 heterocycles. The van der Waals surface area contributed by atoms with E-state index in [0.717, 1.165) is 0 Å². The van der Waals surface area contributed by atoms with Gasteiger partial charge in [0.15, 0.2) is 5.60 Å². The SMILES string of the molecule is Cc1cc(C2(c3ccc(OP(=O)(O)O)c(C)c3)OC(=O)c3ccccc32)ccc1O.[NaH]. The van der Waals surface area contributed by atoms with Crippen LogP contribution in [0, 0.1) is 13.8 Å². The summed E-state index contributed by atoms with van der Waals surface area (Å²) in [6, 6.07) is 16.7. The van der Waals surface area contributed by atoms with Crippen LogP contribution in [0.15, 0.2) is 60.7 Å². The fourth-order valence-corrected chi connectivity index (χ4v) is 4.25. The van der Waals surface area contributed by atoms with E-state index in [1.165, 1.54) is 6.07 Å². The van der Waals surface area contributed by atoms with E-state index in [-0.39, 0.29) is 41.1 Å². The molecular formula is C22H20NaO7P. The summed E-state index contributed by atoms with van der Waals surface area (Å²) < 4.78 is 21.9. The number of phosphoric ester groups is 1. The number of carbonyl (C=O) groups excluding carboxylic acids is 1. The molecule has 9 heteroatoms. The number of fused-ring (bicyclic) bond motifs is 1. The molecule has 31 heavy (non-hydrogen) atoms. The molecule has 0 saturated heterocycles. The molecule has 0 saturated carbocycles. The summed E-state index contributed by atoms with van der Waals surface area (Å²) in [6.45, 7) is 3.39. The van der Waals surface area contributed by atoms with Gasteiger partial charge < -0.3 is 14.4 Å². The van der Waals surface area contributed by atoms with Gasteiger partial charge in [-0.3, -0.25) is 9.79 Å². The minimum absolute atomic E-state index is 0. The summed E-state index contributed by atoms with van der Waals surface area (Å²) in [5.74, 6) is -0.334. The maximum atomic E-state index is 12.7. The fraction of sp³-hybridized carbons (Fsp3) is 0.136. The van der Waals surface area contributed by atoms with Crippen molar-refractivity contribution in [2.45, 2.75) is 19.4 Å². The summed E-state index contributed by atoms with van der Waals surface area (Å²) >= 11 is 0. The van der Waals surface area contributed by atoms with Crippen LogP contribution in [-0.4, -0.2) is 50.4 Å². The Morgan fingerprint density at radius 3 is 2.16 bits per heavy atom. The van der Waals surface area contributed by atoms with Crippen molar-refractivity contribution in [3.05, 3.63) is 94.0 Å². The van der Waals surface area contributed by atoms with Crippen molar-refractivity contribution in [3.63, 3.8) is 0 Å². The van der Waals surface area contributed by atoms with Gasteiger partial charge in [-0.2, -0.15) is 0 Å². The monoisotopic (exact) mass is 450 g/mol. The number of phosphoric acid groups is 1. The summed E-state index contributed by atoms with van der Waals surface area (Å²) in [4.78, 5) is 31.0. The normalized spacial score (nSPS) is 17.5. The van der Waals surface area contributed by atoms with Crippen LogP contribution in [0.1, 0.15) is 38.2 Å². The van der Waals surface area contributed by atoms with Crippen molar-refractivity contribution in [3.8, 4) is 11.5 Å². The van der Waals surface area contributed by atoms with E-state index in [0.29, 0.717) is 33.4 Å². The predicted octanol–water partition coefficient (Wildman–Crippen LogP) is 3.29. The number of carbonyl (C=O) groups is 1. The number of phenolic OH excluding ortho intramolecular Hbond substituents is 1. The Hall–Kier alpha value is -2.12. The second-order valence-corrected chi connectivity index (χ2v) is 8.34. The number of phenols is 1. The maximum absolute atomic E-state index is 12.7. The van der Waals surface area contributed by atoms with E-state index in [1.807, 2.05) is 0 Å². The fourth-order valence-electron chi connectivity index (χ4n) is 3.79. The molecular weight excluding hydrogens is 430 g/mol. The van der Waals surface area contributed by atoms with E-state index in [9.17, 15) is 14.5 Å². The van der Waals surface area contributed by atoms with Crippen LogP contribution in [0.4, 0.5) is 0 Å². The molecule has 0 aliphatic carbocycles. The molecule has 3 aromatic carbocycles.